The summed E-state index contributed by atoms with van der Waals surface area (Å²) in [5.74, 6) is -0.812. The Morgan fingerprint density at radius 3 is 1.79 bits per heavy atom. The standard InChI is InChI=1S/C17H14F6N2O3S/c18-16(19,20)11-7-12(17(21,22)23)9-13(8-11)25-15(26)6-3-10-1-4-14(5-2-10)29(24,27)28/h1-2,4-5,7-9H,3,6H2,(H,25,26)(H2,24,27,28). The molecular formula is C17H14F6N2O3S. The average Bonchev–Trinajstić information content (AvgIpc) is 2.58. The molecule has 0 atom stereocenters. The Kier molecular flexibility index (Phi) is 6.28. The number of carbonyl (C=O) groups is 1. The maximum Gasteiger partial charge on any atom is 0.416 e. The zero-order chi connectivity index (χ0) is 22.0. The van der Waals surface area contributed by atoms with Crippen LogP contribution in [0.4, 0.5) is 32.0 Å². The number of alkyl halides is 6. The number of amides is 1. The molecule has 29 heavy (non-hydrogen) atoms. The number of nitrogens with one attached hydrogen (secondary N) is 1. The van der Waals surface area contributed by atoms with Gasteiger partial charge in [-0.15, -0.1) is 0 Å². The van der Waals surface area contributed by atoms with Crippen LogP contribution < -0.4 is 10.5 Å². The molecule has 0 aromatic heterocycles. The summed E-state index contributed by atoms with van der Waals surface area (Å²) < 4.78 is 99.3. The van der Waals surface area contributed by atoms with Crippen LogP contribution in [0.5, 0.6) is 0 Å². The average molecular weight is 440 g/mol. The molecule has 0 bridgehead atoms. The lowest BCUT2D eigenvalue weighted by atomic mass is 10.1. The minimum Gasteiger partial charge on any atom is -0.326 e. The topological polar surface area (TPSA) is 89.3 Å². The minimum atomic E-state index is -5.02. The molecule has 0 saturated heterocycles. The highest BCUT2D eigenvalue weighted by Gasteiger charge is 2.37. The van der Waals surface area contributed by atoms with Gasteiger partial charge in [0.15, 0.2) is 0 Å². The van der Waals surface area contributed by atoms with E-state index in [-0.39, 0.29) is 23.8 Å². The first-order valence-corrected chi connectivity index (χ1v) is 9.42. The van der Waals surface area contributed by atoms with Crippen molar-refractivity contribution in [3.05, 3.63) is 59.2 Å². The van der Waals surface area contributed by atoms with Crippen molar-refractivity contribution in [1.82, 2.24) is 0 Å². The molecule has 12 heteroatoms. The lowest BCUT2D eigenvalue weighted by molar-refractivity contribution is -0.143. The predicted octanol–water partition coefficient (Wildman–Crippen LogP) is 3.94. The Balaban J connectivity index is 2.12. The van der Waals surface area contributed by atoms with Crippen LogP contribution in [0.1, 0.15) is 23.1 Å². The molecule has 2 aromatic carbocycles. The molecule has 0 heterocycles. The molecular weight excluding hydrogens is 426 g/mol. The number of sulfonamides is 1. The van der Waals surface area contributed by atoms with Gasteiger partial charge >= 0.3 is 12.4 Å². The number of rotatable bonds is 5. The van der Waals surface area contributed by atoms with E-state index >= 15 is 0 Å². The van der Waals surface area contributed by atoms with Gasteiger partial charge in [-0.25, -0.2) is 13.6 Å². The fourth-order valence-electron chi connectivity index (χ4n) is 2.35. The summed E-state index contributed by atoms with van der Waals surface area (Å²) in [6.07, 6.45) is -10.2. The summed E-state index contributed by atoms with van der Waals surface area (Å²) in [6, 6.07) is 5.98. The third-order valence-corrected chi connectivity index (χ3v) is 4.69. The van der Waals surface area contributed by atoms with Crippen LogP contribution in [0.3, 0.4) is 0 Å². The lowest BCUT2D eigenvalue weighted by Crippen LogP contribution is -2.16. The Morgan fingerprint density at radius 1 is 0.897 bits per heavy atom. The number of anilines is 1. The largest absolute Gasteiger partial charge is 0.416 e. The van der Waals surface area contributed by atoms with Gasteiger partial charge in [0.2, 0.25) is 15.9 Å². The molecule has 0 spiro atoms. The van der Waals surface area contributed by atoms with Gasteiger partial charge in [0.05, 0.1) is 16.0 Å². The molecule has 3 N–H and O–H groups in total. The van der Waals surface area contributed by atoms with E-state index in [4.69, 9.17) is 5.14 Å². The molecule has 0 aliphatic rings. The van der Waals surface area contributed by atoms with Crippen molar-refractivity contribution in [3.63, 3.8) is 0 Å². The van der Waals surface area contributed by atoms with E-state index in [0.717, 1.165) is 0 Å². The summed E-state index contributed by atoms with van der Waals surface area (Å²) in [4.78, 5) is 11.8. The Bertz CT molecular complexity index is 967. The van der Waals surface area contributed by atoms with Gasteiger partial charge in [-0.3, -0.25) is 4.79 Å². The number of hydrogen-bond acceptors (Lipinski definition) is 3. The van der Waals surface area contributed by atoms with Crippen LogP contribution in [0.2, 0.25) is 0 Å². The first-order valence-electron chi connectivity index (χ1n) is 7.87. The van der Waals surface area contributed by atoms with E-state index in [1.54, 1.807) is 0 Å². The summed E-state index contributed by atoms with van der Waals surface area (Å²) >= 11 is 0. The smallest absolute Gasteiger partial charge is 0.326 e. The second-order valence-electron chi connectivity index (χ2n) is 6.03. The van der Waals surface area contributed by atoms with Crippen LogP contribution in [-0.2, 0) is 33.6 Å². The van der Waals surface area contributed by atoms with Gasteiger partial charge in [-0.05, 0) is 42.3 Å². The quantitative estimate of drug-likeness (QED) is 0.691. The molecule has 0 fully saturated rings. The second-order valence-corrected chi connectivity index (χ2v) is 7.59. The van der Waals surface area contributed by atoms with E-state index in [1.807, 2.05) is 5.32 Å². The van der Waals surface area contributed by atoms with Crippen LogP contribution in [0, 0.1) is 0 Å². The molecule has 2 rings (SSSR count). The van der Waals surface area contributed by atoms with Crippen LogP contribution >= 0.6 is 0 Å². The number of carbonyl (C=O) groups excluding carboxylic acids is 1. The molecule has 0 aliphatic carbocycles. The highest BCUT2D eigenvalue weighted by atomic mass is 32.2. The summed E-state index contributed by atoms with van der Waals surface area (Å²) in [6.45, 7) is 0. The first-order chi connectivity index (χ1) is 13.2. The lowest BCUT2D eigenvalue weighted by Gasteiger charge is -2.14. The Morgan fingerprint density at radius 2 is 1.38 bits per heavy atom. The Hall–Kier alpha value is -2.60. The SMILES string of the molecule is NS(=O)(=O)c1ccc(CCC(=O)Nc2cc(C(F)(F)F)cc(C(F)(F)F)c2)cc1. The zero-order valence-electron chi connectivity index (χ0n) is 14.4. The van der Waals surface area contributed by atoms with Gasteiger partial charge in [-0.1, -0.05) is 12.1 Å². The summed E-state index contributed by atoms with van der Waals surface area (Å²) in [7, 11) is -3.89. The minimum absolute atomic E-state index is 0.0390. The first kappa shape index (κ1) is 22.7. The fourth-order valence-corrected chi connectivity index (χ4v) is 2.87. The number of primary sulfonamides is 1. The van der Waals surface area contributed by atoms with E-state index in [0.29, 0.717) is 17.7 Å². The van der Waals surface area contributed by atoms with Crippen molar-refractivity contribution in [2.75, 3.05) is 5.32 Å². The van der Waals surface area contributed by atoms with Gasteiger partial charge < -0.3 is 5.32 Å². The molecule has 5 nitrogen and oxygen atoms in total. The monoisotopic (exact) mass is 440 g/mol. The third kappa shape index (κ3) is 6.46. The van der Waals surface area contributed by atoms with Gasteiger partial charge in [0.25, 0.3) is 0 Å². The fraction of sp³-hybridized carbons (Fsp3) is 0.235. The van der Waals surface area contributed by atoms with E-state index < -0.39 is 45.1 Å². The van der Waals surface area contributed by atoms with Crippen molar-refractivity contribution in [2.45, 2.75) is 30.1 Å². The summed E-state index contributed by atoms with van der Waals surface area (Å²) in [5, 5.41) is 6.97. The maximum atomic E-state index is 12.8. The van der Waals surface area contributed by atoms with E-state index in [9.17, 15) is 39.6 Å². The maximum absolute atomic E-state index is 12.8. The van der Waals surface area contributed by atoms with Crippen molar-refractivity contribution in [1.29, 1.82) is 0 Å². The van der Waals surface area contributed by atoms with E-state index in [2.05, 4.69) is 0 Å². The number of nitrogens with two attached hydrogens (primary N) is 1. The number of hydrogen-bond donors (Lipinski definition) is 2. The zero-order valence-corrected chi connectivity index (χ0v) is 15.3. The molecule has 1 amide bonds. The van der Waals surface area contributed by atoms with Gasteiger partial charge in [0, 0.05) is 12.1 Å². The number of halogens is 6. The van der Waals surface area contributed by atoms with Crippen molar-refractivity contribution in [3.8, 4) is 0 Å². The summed E-state index contributed by atoms with van der Waals surface area (Å²) in [5.41, 5.74) is -3.20. The number of aryl methyl sites for hydroxylation is 1. The van der Waals surface area contributed by atoms with Gasteiger partial charge in [0.1, 0.15) is 0 Å². The third-order valence-electron chi connectivity index (χ3n) is 3.76. The van der Waals surface area contributed by atoms with Crippen LogP contribution in [0.25, 0.3) is 0 Å². The Labute approximate surface area is 161 Å². The highest BCUT2D eigenvalue weighted by Crippen LogP contribution is 2.37. The molecule has 0 saturated carbocycles. The number of benzene rings is 2. The molecule has 0 radical (unpaired) electrons. The molecule has 158 valence electrons. The molecule has 0 unspecified atom stereocenters. The van der Waals surface area contributed by atoms with Crippen LogP contribution in [-0.4, -0.2) is 14.3 Å². The van der Waals surface area contributed by atoms with Gasteiger partial charge in [-0.2, -0.15) is 26.3 Å². The van der Waals surface area contributed by atoms with Crippen molar-refractivity contribution < 1.29 is 39.6 Å². The molecule has 0 aliphatic heterocycles. The van der Waals surface area contributed by atoms with Crippen molar-refractivity contribution >= 4 is 21.6 Å². The molecule has 2 aromatic rings. The van der Waals surface area contributed by atoms with Crippen molar-refractivity contribution in [2.24, 2.45) is 5.14 Å². The normalized spacial score (nSPS) is 12.7. The van der Waals surface area contributed by atoms with Crippen LogP contribution in [0.15, 0.2) is 47.4 Å². The second kappa shape index (κ2) is 8.03. The highest BCUT2D eigenvalue weighted by molar-refractivity contribution is 7.89. The van der Waals surface area contributed by atoms with E-state index in [1.165, 1.54) is 24.3 Å². The predicted molar refractivity (Wildman–Crippen MR) is 91.2 cm³/mol.